The van der Waals surface area contributed by atoms with E-state index in [9.17, 15) is 4.79 Å². The van der Waals surface area contributed by atoms with E-state index < -0.39 is 0 Å². The number of rotatable bonds is 3. The number of hydrogen-bond donors (Lipinski definition) is 0. The molecule has 2 heterocycles. The third-order valence-electron chi connectivity index (χ3n) is 4.87. The summed E-state index contributed by atoms with van der Waals surface area (Å²) in [5.41, 5.74) is 1.07. The summed E-state index contributed by atoms with van der Waals surface area (Å²) in [6.07, 6.45) is 7.08. The Kier molecular flexibility index (Phi) is 5.78. The van der Waals surface area contributed by atoms with Gasteiger partial charge in [-0.25, -0.2) is 0 Å². The second-order valence-corrected chi connectivity index (χ2v) is 6.89. The number of ether oxygens (including phenoxy) is 1. The van der Waals surface area contributed by atoms with Gasteiger partial charge in [0.05, 0.1) is 19.7 Å². The van der Waals surface area contributed by atoms with Gasteiger partial charge in [0.15, 0.2) is 0 Å². The average molecular weight is 347 g/mol. The van der Waals surface area contributed by atoms with E-state index in [0.717, 1.165) is 31.5 Å². The number of likely N-dealkylation sites (tertiary alicyclic amines) is 1. The molecule has 2 saturated heterocycles. The van der Waals surface area contributed by atoms with Crippen molar-refractivity contribution < 1.29 is 9.53 Å². The van der Waals surface area contributed by atoms with Crippen molar-refractivity contribution in [2.75, 3.05) is 39.3 Å². The van der Waals surface area contributed by atoms with Gasteiger partial charge < -0.3 is 9.64 Å². The Labute approximate surface area is 148 Å². The number of terminal acetylenes is 1. The Balaban J connectivity index is 1.57. The zero-order valence-electron chi connectivity index (χ0n) is 13.8. The standard InChI is InChI=1S/C19H23ClN2O2/c1-2-9-21-10-7-16(8-11-21)19(23)22-12-13-24-18(14-22)15-3-5-17(20)6-4-15/h1,3-6,16,18H,7-14H2/t18-/m1/s1. The summed E-state index contributed by atoms with van der Waals surface area (Å²) in [5.74, 6) is 3.05. The predicted molar refractivity (Wildman–Crippen MR) is 94.7 cm³/mol. The van der Waals surface area contributed by atoms with Crippen LogP contribution in [0.3, 0.4) is 0 Å². The third-order valence-corrected chi connectivity index (χ3v) is 5.12. The van der Waals surface area contributed by atoms with Gasteiger partial charge in [-0.3, -0.25) is 9.69 Å². The predicted octanol–water partition coefficient (Wildman–Crippen LogP) is 2.59. The number of carbonyl (C=O) groups excluding carboxylic acids is 1. The molecule has 1 aromatic rings. The first-order valence-corrected chi connectivity index (χ1v) is 8.87. The van der Waals surface area contributed by atoms with Gasteiger partial charge in [-0.1, -0.05) is 29.7 Å². The summed E-state index contributed by atoms with van der Waals surface area (Å²) >= 11 is 5.94. The molecule has 4 nitrogen and oxygen atoms in total. The number of benzene rings is 1. The maximum absolute atomic E-state index is 12.8. The van der Waals surface area contributed by atoms with Crippen molar-refractivity contribution in [3.05, 3.63) is 34.9 Å². The van der Waals surface area contributed by atoms with Crippen LogP contribution in [0.4, 0.5) is 0 Å². The smallest absolute Gasteiger partial charge is 0.225 e. The van der Waals surface area contributed by atoms with Gasteiger partial charge in [0.1, 0.15) is 6.10 Å². The number of piperidine rings is 1. The van der Waals surface area contributed by atoms with Crippen LogP contribution in [0.25, 0.3) is 0 Å². The minimum Gasteiger partial charge on any atom is -0.370 e. The fraction of sp³-hybridized carbons (Fsp3) is 0.526. The van der Waals surface area contributed by atoms with E-state index in [1.54, 1.807) is 0 Å². The van der Waals surface area contributed by atoms with Gasteiger partial charge in [0, 0.05) is 17.5 Å². The van der Waals surface area contributed by atoms with Crippen LogP contribution in [0.15, 0.2) is 24.3 Å². The van der Waals surface area contributed by atoms with Gasteiger partial charge in [0.25, 0.3) is 0 Å². The molecular weight excluding hydrogens is 324 g/mol. The highest BCUT2D eigenvalue weighted by Gasteiger charge is 2.32. The van der Waals surface area contributed by atoms with E-state index in [1.807, 2.05) is 29.2 Å². The lowest BCUT2D eigenvalue weighted by molar-refractivity contribution is -0.144. The van der Waals surface area contributed by atoms with Crippen LogP contribution in [0.1, 0.15) is 24.5 Å². The van der Waals surface area contributed by atoms with E-state index in [0.29, 0.717) is 31.3 Å². The molecule has 0 saturated carbocycles. The van der Waals surface area contributed by atoms with Crippen LogP contribution in [-0.2, 0) is 9.53 Å². The maximum atomic E-state index is 12.8. The summed E-state index contributed by atoms with van der Waals surface area (Å²) in [4.78, 5) is 17.0. The lowest BCUT2D eigenvalue weighted by Gasteiger charge is -2.37. The SMILES string of the molecule is C#CCN1CCC(C(=O)N2CCO[C@@H](c3ccc(Cl)cc3)C2)CC1. The van der Waals surface area contributed by atoms with E-state index >= 15 is 0 Å². The van der Waals surface area contributed by atoms with Crippen LogP contribution in [-0.4, -0.2) is 55.0 Å². The van der Waals surface area contributed by atoms with Gasteiger partial charge in [0.2, 0.25) is 5.91 Å². The van der Waals surface area contributed by atoms with E-state index in [4.69, 9.17) is 22.8 Å². The zero-order valence-corrected chi connectivity index (χ0v) is 14.5. The number of morpholine rings is 1. The first kappa shape index (κ1) is 17.3. The molecule has 5 heteroatoms. The van der Waals surface area contributed by atoms with Gasteiger partial charge in [-0.05, 0) is 43.6 Å². The quantitative estimate of drug-likeness (QED) is 0.789. The third kappa shape index (κ3) is 4.10. The Morgan fingerprint density at radius 3 is 2.62 bits per heavy atom. The molecule has 1 amide bonds. The average Bonchev–Trinajstić information content (AvgIpc) is 2.63. The van der Waals surface area contributed by atoms with E-state index in [-0.39, 0.29) is 17.9 Å². The minimum absolute atomic E-state index is 0.0681. The summed E-state index contributed by atoms with van der Waals surface area (Å²) in [5, 5.41) is 0.709. The molecule has 2 aliphatic heterocycles. The molecule has 3 rings (SSSR count). The summed E-state index contributed by atoms with van der Waals surface area (Å²) in [6.45, 7) is 4.36. The van der Waals surface area contributed by atoms with Crippen LogP contribution in [0, 0.1) is 18.3 Å². The Bertz CT molecular complexity index is 603. The largest absolute Gasteiger partial charge is 0.370 e. The fourth-order valence-electron chi connectivity index (χ4n) is 3.45. The highest BCUT2D eigenvalue weighted by molar-refractivity contribution is 6.30. The molecule has 128 valence electrons. The molecule has 0 unspecified atom stereocenters. The second kappa shape index (κ2) is 8.02. The number of halogens is 1. The molecule has 0 spiro atoms. The van der Waals surface area contributed by atoms with E-state index in [1.165, 1.54) is 0 Å². The van der Waals surface area contributed by atoms with Crippen molar-refractivity contribution in [3.8, 4) is 12.3 Å². The van der Waals surface area contributed by atoms with Crippen LogP contribution < -0.4 is 0 Å². The number of hydrogen-bond acceptors (Lipinski definition) is 3. The van der Waals surface area contributed by atoms with Gasteiger partial charge >= 0.3 is 0 Å². The van der Waals surface area contributed by atoms with Crippen molar-refractivity contribution in [2.24, 2.45) is 5.92 Å². The molecule has 0 aliphatic carbocycles. The van der Waals surface area contributed by atoms with Crippen molar-refractivity contribution in [1.29, 1.82) is 0 Å². The maximum Gasteiger partial charge on any atom is 0.225 e. The zero-order chi connectivity index (χ0) is 16.9. The molecule has 0 aromatic heterocycles. The van der Waals surface area contributed by atoms with E-state index in [2.05, 4.69) is 10.8 Å². The first-order valence-electron chi connectivity index (χ1n) is 8.49. The molecule has 2 aliphatic rings. The molecule has 24 heavy (non-hydrogen) atoms. The number of amides is 1. The van der Waals surface area contributed by atoms with Crippen LogP contribution in [0.2, 0.25) is 5.02 Å². The van der Waals surface area contributed by atoms with Gasteiger partial charge in [-0.2, -0.15) is 0 Å². The lowest BCUT2D eigenvalue weighted by Crippen LogP contribution is -2.47. The number of carbonyl (C=O) groups is 1. The summed E-state index contributed by atoms with van der Waals surface area (Å²) < 4.78 is 5.85. The second-order valence-electron chi connectivity index (χ2n) is 6.45. The van der Waals surface area contributed by atoms with Crippen molar-refractivity contribution in [1.82, 2.24) is 9.80 Å². The van der Waals surface area contributed by atoms with Crippen LogP contribution >= 0.6 is 11.6 Å². The lowest BCUT2D eigenvalue weighted by atomic mass is 9.94. The molecule has 0 bridgehead atoms. The van der Waals surface area contributed by atoms with Crippen molar-refractivity contribution in [3.63, 3.8) is 0 Å². The van der Waals surface area contributed by atoms with Crippen LogP contribution in [0.5, 0.6) is 0 Å². The minimum atomic E-state index is -0.0681. The monoisotopic (exact) mass is 346 g/mol. The topological polar surface area (TPSA) is 32.8 Å². The molecular formula is C19H23ClN2O2. The Morgan fingerprint density at radius 2 is 1.96 bits per heavy atom. The Morgan fingerprint density at radius 1 is 1.25 bits per heavy atom. The summed E-state index contributed by atoms with van der Waals surface area (Å²) in [7, 11) is 0. The van der Waals surface area contributed by atoms with Crippen molar-refractivity contribution >= 4 is 17.5 Å². The molecule has 2 fully saturated rings. The fourth-order valence-corrected chi connectivity index (χ4v) is 3.58. The summed E-state index contributed by atoms with van der Waals surface area (Å²) in [6, 6.07) is 7.67. The molecule has 0 radical (unpaired) electrons. The number of nitrogens with zero attached hydrogens (tertiary/aromatic N) is 2. The highest BCUT2D eigenvalue weighted by atomic mass is 35.5. The Hall–Kier alpha value is -1.54. The highest BCUT2D eigenvalue weighted by Crippen LogP contribution is 2.26. The van der Waals surface area contributed by atoms with Crippen molar-refractivity contribution in [2.45, 2.75) is 18.9 Å². The molecule has 1 atom stereocenters. The normalized spacial score (nSPS) is 23.0. The molecule has 0 N–H and O–H groups in total. The first-order chi connectivity index (χ1) is 11.7. The molecule has 1 aromatic carbocycles. The van der Waals surface area contributed by atoms with Gasteiger partial charge in [-0.15, -0.1) is 6.42 Å².